The zero-order chi connectivity index (χ0) is 22.5. The van der Waals surface area contributed by atoms with E-state index in [9.17, 15) is 14.4 Å². The molecule has 2 unspecified atom stereocenters. The van der Waals surface area contributed by atoms with Crippen LogP contribution in [0.3, 0.4) is 0 Å². The summed E-state index contributed by atoms with van der Waals surface area (Å²) < 4.78 is 15.9. The number of carbonyl (C=O) groups excluding carboxylic acids is 3. The van der Waals surface area contributed by atoms with Crippen LogP contribution in [0.15, 0.2) is 42.5 Å². The Bertz CT molecular complexity index is 1010. The maximum atomic E-state index is 12.6. The zero-order valence-corrected chi connectivity index (χ0v) is 17.8. The molecule has 162 valence electrons. The normalized spacial score (nSPS) is 17.3. The first kappa shape index (κ1) is 22.2. The van der Waals surface area contributed by atoms with Gasteiger partial charge in [-0.2, -0.15) is 0 Å². The highest BCUT2D eigenvalue weighted by Crippen LogP contribution is 2.42. The van der Waals surface area contributed by atoms with Crippen molar-refractivity contribution >= 4 is 23.6 Å². The predicted molar refractivity (Wildman–Crippen MR) is 114 cm³/mol. The molecule has 2 aromatic carbocycles. The third-order valence-corrected chi connectivity index (χ3v) is 5.17. The van der Waals surface area contributed by atoms with Crippen LogP contribution in [0.2, 0.25) is 0 Å². The number of carbonyl (C=O) groups is 3. The molecule has 0 fully saturated rings. The Kier molecular flexibility index (Phi) is 6.84. The average molecular weight is 423 g/mol. The fourth-order valence-corrected chi connectivity index (χ4v) is 3.68. The fraction of sp³-hybridized carbons (Fsp3) is 0.333. The number of ketones is 1. The van der Waals surface area contributed by atoms with E-state index >= 15 is 0 Å². The minimum Gasteiger partial charge on any atom is -0.466 e. The summed E-state index contributed by atoms with van der Waals surface area (Å²) in [4.78, 5) is 36.4. The van der Waals surface area contributed by atoms with E-state index in [1.807, 2.05) is 24.3 Å². The Balaban J connectivity index is 2.04. The van der Waals surface area contributed by atoms with E-state index in [0.29, 0.717) is 16.9 Å². The Morgan fingerprint density at radius 2 is 1.61 bits per heavy atom. The Morgan fingerprint density at radius 1 is 0.968 bits per heavy atom. The van der Waals surface area contributed by atoms with Gasteiger partial charge in [-0.3, -0.25) is 19.8 Å². The molecule has 0 amide bonds. The molecule has 1 heterocycles. The molecular weight excluding hydrogens is 398 g/mol. The molecule has 0 aliphatic carbocycles. The highest BCUT2D eigenvalue weighted by atomic mass is 16.5. The topological polar surface area (TPSA) is 103 Å². The smallest absolute Gasteiger partial charge is 0.319 e. The molecule has 2 aromatic rings. The average Bonchev–Trinajstić information content (AvgIpc) is 2.74. The summed E-state index contributed by atoms with van der Waals surface area (Å²) in [6.45, 7) is 5.28. The van der Waals surface area contributed by atoms with E-state index in [4.69, 9.17) is 19.6 Å². The monoisotopic (exact) mass is 423 g/mol. The molecule has 0 saturated heterocycles. The SMILES string of the molecule is CCOC(=O)CC1c2cc(-c3ccc(C(C)=O)cc3)ccc2OC(=N)C1C(=O)OCC. The molecule has 1 aliphatic rings. The van der Waals surface area contributed by atoms with E-state index < -0.39 is 23.8 Å². The summed E-state index contributed by atoms with van der Waals surface area (Å²) >= 11 is 0. The van der Waals surface area contributed by atoms with E-state index in [0.717, 1.165) is 11.1 Å². The number of nitrogens with one attached hydrogen (secondary N) is 1. The lowest BCUT2D eigenvalue weighted by atomic mass is 9.80. The van der Waals surface area contributed by atoms with Gasteiger partial charge in [0.05, 0.1) is 19.6 Å². The Hall–Kier alpha value is -3.48. The largest absolute Gasteiger partial charge is 0.466 e. The summed E-state index contributed by atoms with van der Waals surface area (Å²) in [5, 5.41) is 8.24. The van der Waals surface area contributed by atoms with Crippen molar-refractivity contribution in [3.8, 4) is 16.9 Å². The van der Waals surface area contributed by atoms with Crippen LogP contribution in [0, 0.1) is 11.3 Å². The molecular formula is C24H25NO6. The number of hydrogen-bond donors (Lipinski definition) is 1. The maximum Gasteiger partial charge on any atom is 0.319 e. The zero-order valence-electron chi connectivity index (χ0n) is 17.8. The summed E-state index contributed by atoms with van der Waals surface area (Å²) in [5.74, 6) is -2.60. The minimum absolute atomic E-state index is 0.0179. The van der Waals surface area contributed by atoms with E-state index in [1.54, 1.807) is 32.0 Å². The number of Topliss-reactive ketones (excluding diaryl/α,β-unsaturated/α-hetero) is 1. The van der Waals surface area contributed by atoms with Crippen molar-refractivity contribution in [1.82, 2.24) is 0 Å². The summed E-state index contributed by atoms with van der Waals surface area (Å²) in [7, 11) is 0. The van der Waals surface area contributed by atoms with Gasteiger partial charge < -0.3 is 14.2 Å². The number of fused-ring (bicyclic) bond motifs is 1. The second-order valence-electron chi connectivity index (χ2n) is 7.20. The molecule has 0 saturated carbocycles. The van der Waals surface area contributed by atoms with Crippen LogP contribution in [-0.2, 0) is 19.1 Å². The quantitative estimate of drug-likeness (QED) is 0.530. The molecule has 0 bridgehead atoms. The van der Waals surface area contributed by atoms with E-state index in [-0.39, 0.29) is 31.3 Å². The standard InChI is InChI=1S/C24H25NO6/c1-4-29-21(27)13-19-18-12-17(16-8-6-15(7-9-16)14(3)26)10-11-20(18)31-23(25)22(19)24(28)30-5-2/h6-12,19,22,25H,4-5,13H2,1-3H3. The van der Waals surface area contributed by atoms with E-state index in [2.05, 4.69) is 0 Å². The second-order valence-corrected chi connectivity index (χ2v) is 7.20. The van der Waals surface area contributed by atoms with Gasteiger partial charge >= 0.3 is 11.9 Å². The molecule has 3 rings (SSSR count). The second kappa shape index (κ2) is 9.55. The first-order chi connectivity index (χ1) is 14.8. The summed E-state index contributed by atoms with van der Waals surface area (Å²) in [6, 6.07) is 12.6. The number of hydrogen-bond acceptors (Lipinski definition) is 7. The summed E-state index contributed by atoms with van der Waals surface area (Å²) in [6.07, 6.45) is -0.0806. The molecule has 0 radical (unpaired) electrons. The van der Waals surface area contributed by atoms with Crippen LogP contribution < -0.4 is 4.74 Å². The van der Waals surface area contributed by atoms with Crippen molar-refractivity contribution in [2.24, 2.45) is 5.92 Å². The fourth-order valence-electron chi connectivity index (χ4n) is 3.68. The number of benzene rings is 2. The third-order valence-electron chi connectivity index (χ3n) is 5.17. The van der Waals surface area contributed by atoms with Gasteiger partial charge in [-0.1, -0.05) is 30.3 Å². The van der Waals surface area contributed by atoms with Gasteiger partial charge in [0.2, 0.25) is 5.90 Å². The third kappa shape index (κ3) is 4.82. The van der Waals surface area contributed by atoms with Crippen LogP contribution in [0.1, 0.15) is 49.0 Å². The Morgan fingerprint density at radius 3 is 2.23 bits per heavy atom. The van der Waals surface area contributed by atoms with Crippen molar-refractivity contribution in [2.45, 2.75) is 33.1 Å². The molecule has 7 nitrogen and oxygen atoms in total. The van der Waals surface area contributed by atoms with Crippen molar-refractivity contribution in [3.63, 3.8) is 0 Å². The van der Waals surface area contributed by atoms with Gasteiger partial charge in [-0.05, 0) is 44.0 Å². The van der Waals surface area contributed by atoms with Gasteiger partial charge in [0, 0.05) is 17.0 Å². The minimum atomic E-state index is -1.04. The van der Waals surface area contributed by atoms with Gasteiger partial charge in [0.1, 0.15) is 11.7 Å². The lowest BCUT2D eigenvalue weighted by Crippen LogP contribution is -2.39. The molecule has 2 atom stereocenters. The lowest BCUT2D eigenvalue weighted by molar-refractivity contribution is -0.148. The first-order valence-corrected chi connectivity index (χ1v) is 10.2. The van der Waals surface area contributed by atoms with Gasteiger partial charge in [0.25, 0.3) is 0 Å². The number of rotatable bonds is 7. The van der Waals surface area contributed by atoms with Crippen molar-refractivity contribution < 1.29 is 28.6 Å². The van der Waals surface area contributed by atoms with Gasteiger partial charge in [-0.25, -0.2) is 0 Å². The Labute approximate surface area is 180 Å². The number of esters is 2. The predicted octanol–water partition coefficient (Wildman–Crippen LogP) is 4.14. The van der Waals surface area contributed by atoms with Crippen LogP contribution >= 0.6 is 0 Å². The van der Waals surface area contributed by atoms with E-state index in [1.165, 1.54) is 6.92 Å². The molecule has 31 heavy (non-hydrogen) atoms. The molecule has 0 aromatic heterocycles. The molecule has 1 N–H and O–H groups in total. The van der Waals surface area contributed by atoms with Crippen LogP contribution in [0.5, 0.6) is 5.75 Å². The molecule has 7 heteroatoms. The lowest BCUT2D eigenvalue weighted by Gasteiger charge is -2.32. The highest BCUT2D eigenvalue weighted by Gasteiger charge is 2.42. The first-order valence-electron chi connectivity index (χ1n) is 10.2. The van der Waals surface area contributed by atoms with Gasteiger partial charge in [0.15, 0.2) is 5.78 Å². The van der Waals surface area contributed by atoms with Crippen LogP contribution in [-0.4, -0.2) is 36.8 Å². The molecule has 0 spiro atoms. The van der Waals surface area contributed by atoms with Crippen molar-refractivity contribution in [2.75, 3.05) is 13.2 Å². The van der Waals surface area contributed by atoms with Crippen molar-refractivity contribution in [1.29, 1.82) is 5.41 Å². The maximum absolute atomic E-state index is 12.6. The van der Waals surface area contributed by atoms with Crippen LogP contribution in [0.25, 0.3) is 11.1 Å². The van der Waals surface area contributed by atoms with Crippen LogP contribution in [0.4, 0.5) is 0 Å². The van der Waals surface area contributed by atoms with Gasteiger partial charge in [-0.15, -0.1) is 0 Å². The summed E-state index contributed by atoms with van der Waals surface area (Å²) in [5.41, 5.74) is 2.95. The molecule has 1 aliphatic heterocycles. The van der Waals surface area contributed by atoms with Crippen molar-refractivity contribution in [3.05, 3.63) is 53.6 Å². The number of ether oxygens (including phenoxy) is 3. The highest BCUT2D eigenvalue weighted by molar-refractivity contribution is 6.00.